The number of rotatable bonds is 4. The smallest absolute Gasteiger partial charge is 0.276 e. The fourth-order valence-corrected chi connectivity index (χ4v) is 3.60. The van der Waals surface area contributed by atoms with Crippen LogP contribution in [0.1, 0.15) is 18.9 Å². The minimum absolute atomic E-state index is 0.184. The topological polar surface area (TPSA) is 61.3 Å². The maximum absolute atomic E-state index is 13.1. The average molecular weight is 403 g/mol. The average Bonchev–Trinajstić information content (AvgIpc) is 2.95. The minimum atomic E-state index is -0.331. The van der Waals surface area contributed by atoms with Crippen molar-refractivity contribution in [2.75, 3.05) is 0 Å². The Morgan fingerprint density at radius 2 is 1.81 bits per heavy atom. The van der Waals surface area contributed by atoms with Crippen LogP contribution in [0.4, 0.5) is 0 Å². The van der Waals surface area contributed by atoms with Gasteiger partial charge in [-0.2, -0.15) is 0 Å². The van der Waals surface area contributed by atoms with Crippen molar-refractivity contribution in [2.45, 2.75) is 26.4 Å². The van der Waals surface area contributed by atoms with Crippen LogP contribution in [0.25, 0.3) is 16.7 Å². The number of halogens is 2. The van der Waals surface area contributed by atoms with Crippen LogP contribution >= 0.6 is 23.2 Å². The third-order valence-electron chi connectivity index (χ3n) is 4.41. The molecule has 0 N–H and O–H groups in total. The van der Waals surface area contributed by atoms with Gasteiger partial charge in [0.15, 0.2) is 0 Å². The van der Waals surface area contributed by atoms with Crippen LogP contribution < -0.4 is 11.2 Å². The van der Waals surface area contributed by atoms with E-state index in [1.165, 1.54) is 13.6 Å². The summed E-state index contributed by atoms with van der Waals surface area (Å²) < 4.78 is 4.32. The van der Waals surface area contributed by atoms with Gasteiger partial charge in [0.1, 0.15) is 0 Å². The van der Waals surface area contributed by atoms with E-state index in [0.29, 0.717) is 33.3 Å². The van der Waals surface area contributed by atoms with Crippen LogP contribution in [0.3, 0.4) is 0 Å². The number of nitrogens with zero attached hydrogens (tertiary/aromatic N) is 4. The molecule has 0 aliphatic rings. The van der Waals surface area contributed by atoms with Crippen LogP contribution in [-0.4, -0.2) is 18.7 Å². The highest BCUT2D eigenvalue weighted by Crippen LogP contribution is 2.18. The van der Waals surface area contributed by atoms with Crippen molar-refractivity contribution in [3.05, 3.63) is 78.9 Å². The number of hydrogen-bond donors (Lipinski definition) is 0. The van der Waals surface area contributed by atoms with E-state index in [4.69, 9.17) is 23.2 Å². The van der Waals surface area contributed by atoms with Crippen molar-refractivity contribution in [1.82, 2.24) is 18.7 Å². The Bertz CT molecular complexity index is 1290. The summed E-state index contributed by atoms with van der Waals surface area (Å²) >= 11 is 12.2. The normalized spacial score (nSPS) is 11.5. The molecule has 0 aliphatic heterocycles. The summed E-state index contributed by atoms with van der Waals surface area (Å²) in [6, 6.07) is 12.2. The van der Waals surface area contributed by atoms with Gasteiger partial charge in [0.2, 0.25) is 5.78 Å². The van der Waals surface area contributed by atoms with Gasteiger partial charge in [0.05, 0.1) is 17.4 Å². The van der Waals surface area contributed by atoms with Crippen molar-refractivity contribution in [3.8, 4) is 0 Å². The first-order chi connectivity index (χ1) is 13.0. The fourth-order valence-electron chi connectivity index (χ4n) is 3.23. The number of benzene rings is 2. The summed E-state index contributed by atoms with van der Waals surface area (Å²) in [6.07, 6.45) is 0.740. The Morgan fingerprint density at radius 3 is 2.56 bits per heavy atom. The number of fused-ring (bicyclic) bond motifs is 3. The van der Waals surface area contributed by atoms with Gasteiger partial charge in [-0.05, 0) is 42.3 Å². The highest BCUT2D eigenvalue weighted by atomic mass is 35.5. The van der Waals surface area contributed by atoms with E-state index < -0.39 is 0 Å². The Labute approximate surface area is 164 Å². The zero-order valence-electron chi connectivity index (χ0n) is 14.5. The second-order valence-corrected chi connectivity index (χ2v) is 7.20. The van der Waals surface area contributed by atoms with E-state index >= 15 is 0 Å². The SMILES string of the molecule is CCCn1c(=O)c2ccc(Cl)cc2n2c(=O)n(Cc3cccc(Cl)c3)nc12. The first-order valence-electron chi connectivity index (χ1n) is 8.55. The van der Waals surface area contributed by atoms with Crippen molar-refractivity contribution in [2.24, 2.45) is 0 Å². The van der Waals surface area contributed by atoms with Gasteiger partial charge >= 0.3 is 5.69 Å². The van der Waals surface area contributed by atoms with Crippen molar-refractivity contribution < 1.29 is 0 Å². The third-order valence-corrected chi connectivity index (χ3v) is 4.88. The lowest BCUT2D eigenvalue weighted by Crippen LogP contribution is -2.26. The molecule has 0 saturated carbocycles. The summed E-state index contributed by atoms with van der Waals surface area (Å²) in [4.78, 5) is 26.0. The van der Waals surface area contributed by atoms with Crippen LogP contribution in [0.15, 0.2) is 52.1 Å². The van der Waals surface area contributed by atoms with Gasteiger partial charge in [0.25, 0.3) is 5.56 Å². The lowest BCUT2D eigenvalue weighted by Gasteiger charge is -2.08. The lowest BCUT2D eigenvalue weighted by atomic mass is 10.2. The van der Waals surface area contributed by atoms with Crippen molar-refractivity contribution in [3.63, 3.8) is 0 Å². The molecule has 4 rings (SSSR count). The Balaban J connectivity index is 2.04. The zero-order valence-corrected chi connectivity index (χ0v) is 16.0. The molecule has 8 heteroatoms. The maximum Gasteiger partial charge on any atom is 0.352 e. The third kappa shape index (κ3) is 3.05. The number of aryl methyl sites for hydroxylation is 1. The first kappa shape index (κ1) is 17.8. The summed E-state index contributed by atoms with van der Waals surface area (Å²) in [5.41, 5.74) is 0.787. The van der Waals surface area contributed by atoms with E-state index in [0.717, 1.165) is 12.0 Å². The first-order valence-corrected chi connectivity index (χ1v) is 9.31. The van der Waals surface area contributed by atoms with Crippen molar-refractivity contribution in [1.29, 1.82) is 0 Å². The fraction of sp³-hybridized carbons (Fsp3) is 0.211. The number of hydrogen-bond acceptors (Lipinski definition) is 3. The van der Waals surface area contributed by atoms with Crippen LogP contribution in [0.2, 0.25) is 10.0 Å². The molecule has 0 radical (unpaired) electrons. The lowest BCUT2D eigenvalue weighted by molar-refractivity contribution is 0.639. The van der Waals surface area contributed by atoms with Crippen LogP contribution in [-0.2, 0) is 13.1 Å². The predicted molar refractivity (Wildman–Crippen MR) is 107 cm³/mol. The Hall–Kier alpha value is -2.57. The second-order valence-electron chi connectivity index (χ2n) is 6.32. The molecule has 0 atom stereocenters. The molecule has 2 aromatic carbocycles. The van der Waals surface area contributed by atoms with E-state index in [9.17, 15) is 9.59 Å². The molecule has 0 saturated heterocycles. The van der Waals surface area contributed by atoms with E-state index in [2.05, 4.69) is 5.10 Å². The molecule has 27 heavy (non-hydrogen) atoms. The molecule has 2 aromatic heterocycles. The second kappa shape index (κ2) is 6.87. The molecule has 0 bridgehead atoms. The van der Waals surface area contributed by atoms with Gasteiger partial charge in [-0.25, -0.2) is 13.9 Å². The molecule has 0 unspecified atom stereocenters. The zero-order chi connectivity index (χ0) is 19.1. The summed E-state index contributed by atoms with van der Waals surface area (Å²) in [7, 11) is 0. The van der Waals surface area contributed by atoms with E-state index in [1.807, 2.05) is 19.1 Å². The van der Waals surface area contributed by atoms with Gasteiger partial charge in [-0.3, -0.25) is 9.36 Å². The molecular weight excluding hydrogens is 387 g/mol. The van der Waals surface area contributed by atoms with Gasteiger partial charge in [-0.1, -0.05) is 42.3 Å². The molecule has 6 nitrogen and oxygen atoms in total. The molecule has 0 fully saturated rings. The summed E-state index contributed by atoms with van der Waals surface area (Å²) in [5.74, 6) is 0.309. The number of aromatic nitrogens is 4. The standard InChI is InChI=1S/C19H16Cl2N4O2/c1-2-8-23-17(26)15-7-6-14(21)10-16(15)25-18(23)22-24(19(25)27)11-12-4-3-5-13(20)9-12/h3-7,9-10H,2,8,11H2,1H3. The Morgan fingerprint density at radius 1 is 1.04 bits per heavy atom. The molecule has 0 aliphatic carbocycles. The summed E-state index contributed by atoms with van der Waals surface area (Å²) in [6.45, 7) is 2.69. The molecule has 0 spiro atoms. The van der Waals surface area contributed by atoms with Gasteiger partial charge in [0, 0.05) is 16.6 Å². The molecular formula is C19H16Cl2N4O2. The minimum Gasteiger partial charge on any atom is -0.276 e. The van der Waals surface area contributed by atoms with Crippen LogP contribution in [0, 0.1) is 0 Å². The van der Waals surface area contributed by atoms with Gasteiger partial charge in [-0.15, -0.1) is 5.10 Å². The largest absolute Gasteiger partial charge is 0.352 e. The Kier molecular flexibility index (Phi) is 4.53. The predicted octanol–water partition coefficient (Wildman–Crippen LogP) is 3.58. The molecule has 2 heterocycles. The van der Waals surface area contributed by atoms with Gasteiger partial charge < -0.3 is 0 Å². The molecule has 4 aromatic rings. The van der Waals surface area contributed by atoms with E-state index in [-0.39, 0.29) is 17.8 Å². The molecule has 138 valence electrons. The highest BCUT2D eigenvalue weighted by molar-refractivity contribution is 6.31. The van der Waals surface area contributed by atoms with Crippen molar-refractivity contribution >= 4 is 39.9 Å². The quantitative estimate of drug-likeness (QED) is 0.524. The highest BCUT2D eigenvalue weighted by Gasteiger charge is 2.17. The van der Waals surface area contributed by atoms with E-state index in [1.54, 1.807) is 30.3 Å². The monoisotopic (exact) mass is 402 g/mol. The van der Waals surface area contributed by atoms with Crippen LogP contribution in [0.5, 0.6) is 0 Å². The summed E-state index contributed by atoms with van der Waals surface area (Å²) in [5, 5.41) is 5.91. The molecule has 0 amide bonds. The maximum atomic E-state index is 13.1.